The van der Waals surface area contributed by atoms with Crippen molar-refractivity contribution in [3.63, 3.8) is 0 Å². The van der Waals surface area contributed by atoms with Gasteiger partial charge in [-0.2, -0.15) is 0 Å². The van der Waals surface area contributed by atoms with E-state index in [0.717, 1.165) is 77.7 Å². The molecule has 7 heteroatoms. The lowest BCUT2D eigenvalue weighted by Crippen LogP contribution is -2.10. The van der Waals surface area contributed by atoms with Crippen LogP contribution in [0.4, 0.5) is 5.69 Å². The minimum atomic E-state index is -0.0150. The van der Waals surface area contributed by atoms with Gasteiger partial charge in [0.2, 0.25) is 5.91 Å². The normalized spacial score (nSPS) is 10.9. The Bertz CT molecular complexity index is 2130. The molecule has 0 fully saturated rings. The lowest BCUT2D eigenvalue weighted by molar-refractivity contribution is -0.115. The number of hydrogen-bond acceptors (Lipinski definition) is 5. The number of nitrogens with zero attached hydrogens (tertiary/aromatic N) is 1. The molecule has 0 unspecified atom stereocenters. The molecule has 7 rings (SSSR count). The predicted molar refractivity (Wildman–Crippen MR) is 193 cm³/mol. The summed E-state index contributed by atoms with van der Waals surface area (Å²) < 4.78 is 18.7. The van der Waals surface area contributed by atoms with Crippen molar-refractivity contribution < 1.29 is 18.7 Å². The van der Waals surface area contributed by atoms with Crippen LogP contribution in [0.1, 0.15) is 37.3 Å². The zero-order valence-electron chi connectivity index (χ0n) is 26.3. The van der Waals surface area contributed by atoms with Crippen LogP contribution in [0.25, 0.3) is 32.6 Å². The van der Waals surface area contributed by atoms with Crippen molar-refractivity contribution in [2.75, 3.05) is 5.32 Å². The number of halogens is 1. The molecule has 47 heavy (non-hydrogen) atoms. The van der Waals surface area contributed by atoms with Crippen LogP contribution in [0.5, 0.6) is 11.5 Å². The molecule has 0 spiro atoms. The number of anilines is 1. The topological polar surface area (TPSA) is 73.6 Å². The fourth-order valence-corrected chi connectivity index (χ4v) is 5.82. The van der Waals surface area contributed by atoms with Gasteiger partial charge < -0.3 is 19.2 Å². The molecule has 1 N–H and O–H groups in total. The van der Waals surface area contributed by atoms with Crippen LogP contribution in [0.2, 0.25) is 0 Å². The summed E-state index contributed by atoms with van der Waals surface area (Å²) in [6.07, 6.45) is 1.22. The highest BCUT2D eigenvalue weighted by Gasteiger charge is 2.14. The first-order valence-corrected chi connectivity index (χ1v) is 16.5. The number of benzene rings is 6. The third-order valence-electron chi connectivity index (χ3n) is 7.73. The molecule has 1 heterocycles. The van der Waals surface area contributed by atoms with Gasteiger partial charge in [-0.15, -0.1) is 0 Å². The minimum Gasteiger partial charge on any atom is -0.488 e. The Labute approximate surface area is 282 Å². The van der Waals surface area contributed by atoms with E-state index in [1.165, 1.54) is 0 Å². The highest BCUT2D eigenvalue weighted by atomic mass is 79.9. The van der Waals surface area contributed by atoms with E-state index < -0.39 is 0 Å². The number of carbonyl (C=O) groups excluding carboxylic acids is 1. The summed E-state index contributed by atoms with van der Waals surface area (Å²) in [6, 6.07) is 40.2. The van der Waals surface area contributed by atoms with Gasteiger partial charge in [0.1, 0.15) is 30.2 Å². The molecule has 6 nitrogen and oxygen atoms in total. The summed E-state index contributed by atoms with van der Waals surface area (Å²) in [5.74, 6) is 2.36. The molecule has 0 saturated heterocycles. The third kappa shape index (κ3) is 7.47. The first-order chi connectivity index (χ1) is 23.0. The summed E-state index contributed by atoms with van der Waals surface area (Å²) >= 11 is 3.56. The summed E-state index contributed by atoms with van der Waals surface area (Å²) in [5.41, 5.74) is 4.72. The van der Waals surface area contributed by atoms with E-state index in [9.17, 15) is 4.79 Å². The molecule has 6 aromatic carbocycles. The van der Waals surface area contributed by atoms with Gasteiger partial charge in [0.15, 0.2) is 11.5 Å². The van der Waals surface area contributed by atoms with Crippen molar-refractivity contribution in [2.45, 2.75) is 39.9 Å². The molecular formula is C40H35BrN2O4. The number of carbonyl (C=O) groups is 1. The molecule has 0 bridgehead atoms. The largest absolute Gasteiger partial charge is 0.488 e. The second kappa shape index (κ2) is 15.0. The van der Waals surface area contributed by atoms with Crippen molar-refractivity contribution in [3.05, 3.63) is 143 Å². The number of rotatable bonds is 9. The Kier molecular flexibility index (Phi) is 10.1. The van der Waals surface area contributed by atoms with E-state index in [2.05, 4.69) is 50.5 Å². The number of amides is 1. The van der Waals surface area contributed by atoms with Gasteiger partial charge >= 0.3 is 0 Å². The molecule has 0 aliphatic carbocycles. The van der Waals surface area contributed by atoms with E-state index >= 15 is 0 Å². The van der Waals surface area contributed by atoms with E-state index in [0.29, 0.717) is 19.6 Å². The highest BCUT2D eigenvalue weighted by Crippen LogP contribution is 2.39. The standard InChI is InChI=1S/C20H18BrNO2.C20H17NO2/c1-2-19(23)22-20-16-11-7-6-10-15(16)18(12-17(20)21)24-13-14-8-4-3-5-9-14;1-2-19-21-20-16-11-7-6-10-15(16)17(12-18(20)23-19)22-13-14-8-4-3-5-9-14/h3-12H,2,13H2,1H3,(H,22,23);3-12H,2,13H2,1H3. The minimum absolute atomic E-state index is 0.0150. The van der Waals surface area contributed by atoms with Crippen LogP contribution in [0.15, 0.2) is 130 Å². The van der Waals surface area contributed by atoms with Crippen LogP contribution in [-0.4, -0.2) is 10.9 Å². The number of hydrogen-bond donors (Lipinski definition) is 1. The smallest absolute Gasteiger partial charge is 0.224 e. The van der Waals surface area contributed by atoms with Crippen molar-refractivity contribution in [1.82, 2.24) is 4.98 Å². The first kappa shape index (κ1) is 31.8. The molecule has 1 aromatic heterocycles. The van der Waals surface area contributed by atoms with E-state index in [1.807, 2.05) is 111 Å². The van der Waals surface area contributed by atoms with Crippen molar-refractivity contribution in [1.29, 1.82) is 0 Å². The lowest BCUT2D eigenvalue weighted by Gasteiger charge is -2.15. The van der Waals surface area contributed by atoms with Gasteiger partial charge in [0.05, 0.1) is 5.69 Å². The Hall–Kier alpha value is -5.14. The van der Waals surface area contributed by atoms with Crippen LogP contribution >= 0.6 is 15.9 Å². The van der Waals surface area contributed by atoms with Crippen molar-refractivity contribution >= 4 is 60.2 Å². The summed E-state index contributed by atoms with van der Waals surface area (Å²) in [6.45, 7) is 4.91. The summed E-state index contributed by atoms with van der Waals surface area (Å²) in [5, 5.41) is 7.02. The molecule has 0 atom stereocenters. The second-order valence-electron chi connectivity index (χ2n) is 11.0. The quantitative estimate of drug-likeness (QED) is 0.164. The Morgan fingerprint density at radius 3 is 1.79 bits per heavy atom. The van der Waals surface area contributed by atoms with Crippen LogP contribution in [0, 0.1) is 0 Å². The Morgan fingerprint density at radius 2 is 1.21 bits per heavy atom. The second-order valence-corrected chi connectivity index (χ2v) is 11.8. The molecule has 0 aliphatic heterocycles. The third-order valence-corrected chi connectivity index (χ3v) is 8.35. The molecule has 0 aliphatic rings. The monoisotopic (exact) mass is 686 g/mol. The van der Waals surface area contributed by atoms with Gasteiger partial charge in [0, 0.05) is 44.9 Å². The van der Waals surface area contributed by atoms with Gasteiger partial charge in [-0.05, 0) is 33.1 Å². The summed E-state index contributed by atoms with van der Waals surface area (Å²) in [7, 11) is 0. The summed E-state index contributed by atoms with van der Waals surface area (Å²) in [4.78, 5) is 16.4. The average molecular weight is 688 g/mol. The molecule has 7 aromatic rings. The Balaban J connectivity index is 0.000000164. The molecule has 236 valence electrons. The lowest BCUT2D eigenvalue weighted by atomic mass is 10.1. The number of aryl methyl sites for hydroxylation is 1. The molecule has 0 radical (unpaired) electrons. The van der Waals surface area contributed by atoms with Crippen LogP contribution in [-0.2, 0) is 24.4 Å². The number of oxazole rings is 1. The number of aromatic nitrogens is 1. The molecule has 0 saturated carbocycles. The van der Waals surface area contributed by atoms with E-state index in [4.69, 9.17) is 13.9 Å². The Morgan fingerprint density at radius 1 is 0.702 bits per heavy atom. The van der Waals surface area contributed by atoms with Crippen LogP contribution < -0.4 is 14.8 Å². The number of nitrogens with one attached hydrogen (secondary N) is 1. The average Bonchev–Trinajstić information content (AvgIpc) is 3.56. The molecule has 1 amide bonds. The maximum absolute atomic E-state index is 11.8. The van der Waals surface area contributed by atoms with Gasteiger partial charge in [-0.1, -0.05) is 123 Å². The van der Waals surface area contributed by atoms with Gasteiger partial charge in [-0.25, -0.2) is 4.98 Å². The van der Waals surface area contributed by atoms with Gasteiger partial charge in [0.25, 0.3) is 0 Å². The first-order valence-electron chi connectivity index (χ1n) is 15.7. The fourth-order valence-electron chi connectivity index (χ4n) is 5.30. The van der Waals surface area contributed by atoms with Crippen LogP contribution in [0.3, 0.4) is 0 Å². The fraction of sp³-hybridized carbons (Fsp3) is 0.150. The zero-order valence-corrected chi connectivity index (χ0v) is 27.9. The molecular weight excluding hydrogens is 652 g/mol. The number of ether oxygens (including phenoxy) is 2. The SMILES string of the molecule is CCC(=O)Nc1c(Br)cc(OCc2ccccc2)c2ccccc12.CCc1nc2c(cc(OCc3ccccc3)c3ccccc32)o1. The van der Waals surface area contributed by atoms with E-state index in [1.54, 1.807) is 0 Å². The maximum atomic E-state index is 11.8. The predicted octanol–water partition coefficient (Wildman–Crippen LogP) is 10.7. The van der Waals surface area contributed by atoms with Crippen molar-refractivity contribution in [2.24, 2.45) is 0 Å². The van der Waals surface area contributed by atoms with Crippen molar-refractivity contribution in [3.8, 4) is 11.5 Å². The van der Waals surface area contributed by atoms with E-state index in [-0.39, 0.29) is 5.91 Å². The van der Waals surface area contributed by atoms with Gasteiger partial charge in [-0.3, -0.25) is 4.79 Å². The zero-order chi connectivity index (χ0) is 32.6. The highest BCUT2D eigenvalue weighted by molar-refractivity contribution is 9.10. The number of fused-ring (bicyclic) bond motifs is 4. The maximum Gasteiger partial charge on any atom is 0.224 e.